The van der Waals surface area contributed by atoms with Crippen LogP contribution >= 0.6 is 0 Å². The summed E-state index contributed by atoms with van der Waals surface area (Å²) in [4.78, 5) is 28.4. The Morgan fingerprint density at radius 3 is 2.33 bits per heavy atom. The van der Waals surface area contributed by atoms with Gasteiger partial charge in [0.1, 0.15) is 17.7 Å². The molecule has 1 aliphatic rings. The summed E-state index contributed by atoms with van der Waals surface area (Å²) in [6, 6.07) is 18.5. The second kappa shape index (κ2) is 11.3. The van der Waals surface area contributed by atoms with Crippen LogP contribution in [-0.4, -0.2) is 43.0 Å². The molecule has 3 atom stereocenters. The number of benzene rings is 3. The van der Waals surface area contributed by atoms with Gasteiger partial charge in [0.25, 0.3) is 5.91 Å². The Morgan fingerprint density at radius 1 is 0.972 bits per heavy atom. The molecule has 0 spiro atoms. The first-order valence-electron chi connectivity index (χ1n) is 12.0. The van der Waals surface area contributed by atoms with Gasteiger partial charge in [-0.1, -0.05) is 42.5 Å². The average Bonchev–Trinajstić information content (AvgIpc) is 2.84. The zero-order valence-electron chi connectivity index (χ0n) is 20.3. The third-order valence-electron chi connectivity index (χ3n) is 6.14. The standard InChI is InChI=1S/C28H30F2N4O2/c1-18-16-34(17-19(2)31-18)26-13-12-21(29)15-24(26)32-28(36)25(14-20-8-4-3-5-9-20)33-27(35)22-10-6-7-11-23(22)30/h3-13,15,18-19,25,31H,14,16-17H2,1-2H3,(H,32,36)(H,33,35). The van der Waals surface area contributed by atoms with Crippen LogP contribution in [0.2, 0.25) is 0 Å². The van der Waals surface area contributed by atoms with Crippen molar-refractivity contribution in [1.82, 2.24) is 10.6 Å². The zero-order chi connectivity index (χ0) is 25.7. The molecule has 3 N–H and O–H groups in total. The van der Waals surface area contributed by atoms with E-state index in [1.807, 2.05) is 30.3 Å². The second-order valence-electron chi connectivity index (χ2n) is 9.22. The molecule has 8 heteroatoms. The van der Waals surface area contributed by atoms with Crippen molar-refractivity contribution in [2.24, 2.45) is 0 Å². The third kappa shape index (κ3) is 6.26. The fourth-order valence-corrected chi connectivity index (χ4v) is 4.57. The molecule has 3 aromatic rings. The molecule has 2 amide bonds. The van der Waals surface area contributed by atoms with E-state index in [-0.39, 0.29) is 24.1 Å². The molecule has 0 radical (unpaired) electrons. The van der Waals surface area contributed by atoms with Crippen LogP contribution in [0, 0.1) is 11.6 Å². The number of nitrogens with zero attached hydrogens (tertiary/aromatic N) is 1. The molecular weight excluding hydrogens is 462 g/mol. The van der Waals surface area contributed by atoms with Gasteiger partial charge in [0, 0.05) is 31.6 Å². The number of carbonyl (C=O) groups is 2. The lowest BCUT2D eigenvalue weighted by molar-refractivity contribution is -0.118. The second-order valence-corrected chi connectivity index (χ2v) is 9.22. The lowest BCUT2D eigenvalue weighted by Crippen LogP contribution is -2.54. The van der Waals surface area contributed by atoms with Crippen molar-refractivity contribution < 1.29 is 18.4 Å². The summed E-state index contributed by atoms with van der Waals surface area (Å²) in [5.41, 5.74) is 1.68. The lowest BCUT2D eigenvalue weighted by Gasteiger charge is -2.38. The Morgan fingerprint density at radius 2 is 1.64 bits per heavy atom. The van der Waals surface area contributed by atoms with Crippen LogP contribution in [0.25, 0.3) is 0 Å². The lowest BCUT2D eigenvalue weighted by atomic mass is 10.0. The van der Waals surface area contributed by atoms with E-state index >= 15 is 0 Å². The Hall–Kier alpha value is -3.78. The Bertz CT molecular complexity index is 1210. The molecule has 3 aromatic carbocycles. The highest BCUT2D eigenvalue weighted by molar-refractivity contribution is 6.02. The van der Waals surface area contributed by atoms with Gasteiger partial charge in [-0.3, -0.25) is 9.59 Å². The average molecular weight is 493 g/mol. The van der Waals surface area contributed by atoms with Crippen molar-refractivity contribution >= 4 is 23.2 Å². The molecule has 1 fully saturated rings. The third-order valence-corrected chi connectivity index (χ3v) is 6.14. The van der Waals surface area contributed by atoms with Crippen LogP contribution in [0.5, 0.6) is 0 Å². The van der Waals surface area contributed by atoms with Crippen molar-refractivity contribution in [2.45, 2.75) is 38.4 Å². The smallest absolute Gasteiger partial charge is 0.254 e. The Balaban J connectivity index is 1.60. The van der Waals surface area contributed by atoms with Gasteiger partial charge in [-0.05, 0) is 49.7 Å². The van der Waals surface area contributed by atoms with E-state index < -0.39 is 29.5 Å². The first kappa shape index (κ1) is 25.3. The van der Waals surface area contributed by atoms with E-state index in [1.165, 1.54) is 30.3 Å². The largest absolute Gasteiger partial charge is 0.367 e. The first-order valence-corrected chi connectivity index (χ1v) is 12.0. The summed E-state index contributed by atoms with van der Waals surface area (Å²) in [5.74, 6) is -2.39. The maximum absolute atomic E-state index is 14.2. The molecule has 0 saturated carbocycles. The number of hydrogen-bond acceptors (Lipinski definition) is 4. The number of carbonyl (C=O) groups excluding carboxylic acids is 2. The summed E-state index contributed by atoms with van der Waals surface area (Å²) in [7, 11) is 0. The number of hydrogen-bond donors (Lipinski definition) is 3. The van der Waals surface area contributed by atoms with E-state index in [9.17, 15) is 18.4 Å². The quantitative estimate of drug-likeness (QED) is 0.464. The van der Waals surface area contributed by atoms with Crippen LogP contribution < -0.4 is 20.9 Å². The monoisotopic (exact) mass is 492 g/mol. The van der Waals surface area contributed by atoms with Crippen molar-refractivity contribution in [3.05, 3.63) is 95.6 Å². The minimum atomic E-state index is -1.02. The predicted octanol–water partition coefficient (Wildman–Crippen LogP) is 4.13. The van der Waals surface area contributed by atoms with Crippen molar-refractivity contribution in [3.63, 3.8) is 0 Å². The predicted molar refractivity (Wildman–Crippen MR) is 137 cm³/mol. The highest BCUT2D eigenvalue weighted by Crippen LogP contribution is 2.29. The summed E-state index contributed by atoms with van der Waals surface area (Å²) < 4.78 is 28.5. The van der Waals surface area contributed by atoms with Crippen LogP contribution in [-0.2, 0) is 11.2 Å². The van der Waals surface area contributed by atoms with E-state index in [2.05, 4.69) is 34.7 Å². The SMILES string of the molecule is CC1CN(c2ccc(F)cc2NC(=O)C(Cc2ccccc2)NC(=O)c2ccccc2F)CC(C)N1. The molecule has 1 heterocycles. The Kier molecular flexibility index (Phi) is 7.95. The van der Waals surface area contributed by atoms with Gasteiger partial charge in [-0.2, -0.15) is 0 Å². The molecule has 4 rings (SSSR count). The number of rotatable bonds is 7. The molecule has 0 aromatic heterocycles. The van der Waals surface area contributed by atoms with Gasteiger partial charge in [-0.25, -0.2) is 8.78 Å². The molecule has 36 heavy (non-hydrogen) atoms. The van der Waals surface area contributed by atoms with Gasteiger partial charge in [0.05, 0.1) is 16.9 Å². The molecule has 1 saturated heterocycles. The molecule has 6 nitrogen and oxygen atoms in total. The van der Waals surface area contributed by atoms with E-state index in [4.69, 9.17) is 0 Å². The van der Waals surface area contributed by atoms with Gasteiger partial charge in [0.15, 0.2) is 0 Å². The van der Waals surface area contributed by atoms with Gasteiger partial charge in [-0.15, -0.1) is 0 Å². The number of anilines is 2. The number of nitrogens with one attached hydrogen (secondary N) is 3. The molecule has 0 bridgehead atoms. The maximum atomic E-state index is 14.2. The number of piperazine rings is 1. The zero-order valence-corrected chi connectivity index (χ0v) is 20.3. The fourth-order valence-electron chi connectivity index (χ4n) is 4.57. The Labute approximate surface area is 209 Å². The molecule has 0 aliphatic carbocycles. The summed E-state index contributed by atoms with van der Waals surface area (Å²) in [6.07, 6.45) is 0.180. The highest BCUT2D eigenvalue weighted by atomic mass is 19.1. The number of amides is 2. The van der Waals surface area contributed by atoms with Crippen LogP contribution in [0.15, 0.2) is 72.8 Å². The van der Waals surface area contributed by atoms with Gasteiger partial charge < -0.3 is 20.9 Å². The van der Waals surface area contributed by atoms with Crippen LogP contribution in [0.4, 0.5) is 20.2 Å². The van der Waals surface area contributed by atoms with Gasteiger partial charge >= 0.3 is 0 Å². The summed E-state index contributed by atoms with van der Waals surface area (Å²) >= 11 is 0. The first-order chi connectivity index (χ1) is 17.3. The van der Waals surface area contributed by atoms with Gasteiger partial charge in [0.2, 0.25) is 5.91 Å². The maximum Gasteiger partial charge on any atom is 0.254 e. The molecule has 3 unspecified atom stereocenters. The molecule has 1 aliphatic heterocycles. The summed E-state index contributed by atoms with van der Waals surface area (Å²) in [5, 5.41) is 8.94. The van der Waals surface area contributed by atoms with Crippen molar-refractivity contribution in [1.29, 1.82) is 0 Å². The highest BCUT2D eigenvalue weighted by Gasteiger charge is 2.27. The topological polar surface area (TPSA) is 73.5 Å². The normalized spacial score (nSPS) is 18.4. The van der Waals surface area contributed by atoms with E-state index in [0.717, 1.165) is 5.56 Å². The number of halogens is 2. The van der Waals surface area contributed by atoms with Crippen LogP contribution in [0.3, 0.4) is 0 Å². The minimum absolute atomic E-state index is 0.154. The van der Waals surface area contributed by atoms with E-state index in [1.54, 1.807) is 12.1 Å². The van der Waals surface area contributed by atoms with E-state index in [0.29, 0.717) is 24.5 Å². The summed E-state index contributed by atoms with van der Waals surface area (Å²) in [6.45, 7) is 5.52. The minimum Gasteiger partial charge on any atom is -0.367 e. The molecular formula is C28H30F2N4O2. The van der Waals surface area contributed by atoms with Crippen molar-refractivity contribution in [2.75, 3.05) is 23.3 Å². The van der Waals surface area contributed by atoms with Crippen molar-refractivity contribution in [3.8, 4) is 0 Å². The van der Waals surface area contributed by atoms with Crippen LogP contribution in [0.1, 0.15) is 29.8 Å². The fraction of sp³-hybridized carbons (Fsp3) is 0.286. The molecule has 188 valence electrons.